The lowest BCUT2D eigenvalue weighted by atomic mass is 10.1. The lowest BCUT2D eigenvalue weighted by molar-refractivity contribution is -0.117. The van der Waals surface area contributed by atoms with E-state index < -0.39 is 5.67 Å². The summed E-state index contributed by atoms with van der Waals surface area (Å²) in [5.41, 5.74) is 1.24. The zero-order chi connectivity index (χ0) is 23.4. The van der Waals surface area contributed by atoms with Crippen LogP contribution < -0.4 is 10.2 Å². The predicted molar refractivity (Wildman–Crippen MR) is 125 cm³/mol. The number of likely N-dealkylation sites (tertiary alicyclic amines) is 1. The van der Waals surface area contributed by atoms with Gasteiger partial charge in [-0.1, -0.05) is 0 Å². The molecule has 4 rings (SSSR count). The van der Waals surface area contributed by atoms with Crippen LogP contribution in [0.3, 0.4) is 0 Å². The van der Waals surface area contributed by atoms with Gasteiger partial charge in [0, 0.05) is 44.6 Å². The van der Waals surface area contributed by atoms with Gasteiger partial charge in [-0.05, 0) is 63.4 Å². The SMILES string of the molecule is CCOCCCNC1C=C(N2CCCc3cc(C(=O)N4CCC(C)(F)C4)[nH]c32)C=CN1C=O. The van der Waals surface area contributed by atoms with Crippen molar-refractivity contribution in [1.82, 2.24) is 20.1 Å². The molecule has 0 bridgehead atoms. The smallest absolute Gasteiger partial charge is 0.270 e. The maximum Gasteiger partial charge on any atom is 0.270 e. The van der Waals surface area contributed by atoms with E-state index in [-0.39, 0.29) is 18.6 Å². The zero-order valence-corrected chi connectivity index (χ0v) is 19.5. The molecule has 0 spiro atoms. The molecule has 0 aromatic carbocycles. The number of H-pyrrole nitrogens is 1. The van der Waals surface area contributed by atoms with Crippen molar-refractivity contribution in [3.63, 3.8) is 0 Å². The number of fused-ring (bicyclic) bond motifs is 1. The van der Waals surface area contributed by atoms with Crippen LogP contribution in [-0.4, -0.2) is 78.3 Å². The maximum absolute atomic E-state index is 14.2. The third kappa shape index (κ3) is 5.30. The quantitative estimate of drug-likeness (QED) is 0.438. The lowest BCUT2D eigenvalue weighted by Crippen LogP contribution is -2.44. The maximum atomic E-state index is 14.2. The second kappa shape index (κ2) is 10.1. The van der Waals surface area contributed by atoms with Gasteiger partial charge in [0.05, 0.1) is 6.54 Å². The molecule has 3 aliphatic rings. The van der Waals surface area contributed by atoms with Crippen molar-refractivity contribution in [2.45, 2.75) is 51.4 Å². The van der Waals surface area contributed by atoms with Crippen molar-refractivity contribution >= 4 is 18.1 Å². The Morgan fingerprint density at radius 2 is 2.27 bits per heavy atom. The molecule has 1 aromatic heterocycles. The highest BCUT2D eigenvalue weighted by Crippen LogP contribution is 2.33. The molecule has 1 saturated heterocycles. The monoisotopic (exact) mass is 459 g/mol. The normalized spacial score (nSPS) is 24.8. The van der Waals surface area contributed by atoms with Gasteiger partial charge in [-0.2, -0.15) is 0 Å². The number of aromatic nitrogens is 1. The van der Waals surface area contributed by atoms with Gasteiger partial charge < -0.3 is 24.4 Å². The first-order chi connectivity index (χ1) is 15.9. The molecule has 9 heteroatoms. The Balaban J connectivity index is 1.49. The van der Waals surface area contributed by atoms with Crippen LogP contribution in [0.4, 0.5) is 10.2 Å². The summed E-state index contributed by atoms with van der Waals surface area (Å²) in [4.78, 5) is 33.2. The first-order valence-electron chi connectivity index (χ1n) is 11.8. The second-order valence-corrected chi connectivity index (χ2v) is 9.11. The van der Waals surface area contributed by atoms with Crippen LogP contribution in [0.15, 0.2) is 30.1 Å². The standard InChI is InChI=1S/C24H34FN5O3/c1-3-33-13-5-9-26-21-15-19(7-11-29(21)17-31)30-10-4-6-18-14-20(27-22(18)30)23(32)28-12-8-24(2,25)16-28/h7,11,14-15,17,21,26-27H,3-6,8-10,12-13,16H2,1-2H3. The number of hydrogen-bond donors (Lipinski definition) is 2. The number of hydrogen-bond acceptors (Lipinski definition) is 5. The summed E-state index contributed by atoms with van der Waals surface area (Å²) in [7, 11) is 0. The van der Waals surface area contributed by atoms with Gasteiger partial charge in [0.2, 0.25) is 6.41 Å². The highest BCUT2D eigenvalue weighted by molar-refractivity contribution is 5.94. The summed E-state index contributed by atoms with van der Waals surface area (Å²) in [5, 5.41) is 3.40. The zero-order valence-electron chi connectivity index (χ0n) is 19.5. The number of ether oxygens (including phenoxy) is 1. The van der Waals surface area contributed by atoms with E-state index in [1.807, 2.05) is 25.1 Å². The number of halogens is 1. The fourth-order valence-electron chi connectivity index (χ4n) is 4.67. The summed E-state index contributed by atoms with van der Waals surface area (Å²) in [5.74, 6) is 0.747. The van der Waals surface area contributed by atoms with E-state index in [9.17, 15) is 14.0 Å². The predicted octanol–water partition coefficient (Wildman–Crippen LogP) is 2.55. The Bertz CT molecular complexity index is 925. The van der Waals surface area contributed by atoms with Crippen molar-refractivity contribution < 1.29 is 18.7 Å². The number of rotatable bonds is 9. The first-order valence-corrected chi connectivity index (χ1v) is 11.8. The van der Waals surface area contributed by atoms with Crippen LogP contribution in [0.25, 0.3) is 0 Å². The Morgan fingerprint density at radius 1 is 1.42 bits per heavy atom. The van der Waals surface area contributed by atoms with E-state index in [2.05, 4.69) is 15.2 Å². The molecular formula is C24H34FN5O3. The molecule has 0 radical (unpaired) electrons. The number of aryl methyl sites for hydroxylation is 1. The number of carbonyl (C=O) groups excluding carboxylic acids is 2. The minimum Gasteiger partial charge on any atom is -0.382 e. The molecule has 2 N–H and O–H groups in total. The van der Waals surface area contributed by atoms with E-state index in [4.69, 9.17) is 4.74 Å². The molecule has 1 aromatic rings. The van der Waals surface area contributed by atoms with E-state index >= 15 is 0 Å². The topological polar surface area (TPSA) is 80.9 Å². The van der Waals surface area contributed by atoms with E-state index in [0.29, 0.717) is 31.9 Å². The number of allylic oxidation sites excluding steroid dienone is 1. The van der Waals surface area contributed by atoms with Crippen LogP contribution in [0.1, 0.15) is 49.2 Å². The molecule has 2 atom stereocenters. The number of nitrogens with zero attached hydrogens (tertiary/aromatic N) is 3. The summed E-state index contributed by atoms with van der Waals surface area (Å²) >= 11 is 0. The van der Waals surface area contributed by atoms with Gasteiger partial charge in [-0.25, -0.2) is 4.39 Å². The molecule has 180 valence electrons. The third-order valence-electron chi connectivity index (χ3n) is 6.44. The van der Waals surface area contributed by atoms with E-state index in [1.54, 1.807) is 22.9 Å². The Labute approximate surface area is 194 Å². The number of alkyl halides is 1. The van der Waals surface area contributed by atoms with Gasteiger partial charge in [0.15, 0.2) is 0 Å². The number of carbonyl (C=O) groups is 2. The van der Waals surface area contributed by atoms with Gasteiger partial charge in [-0.3, -0.25) is 14.9 Å². The average Bonchev–Trinajstić information content (AvgIpc) is 3.41. The summed E-state index contributed by atoms with van der Waals surface area (Å²) in [6, 6.07) is 1.91. The molecule has 4 heterocycles. The third-order valence-corrected chi connectivity index (χ3v) is 6.44. The van der Waals surface area contributed by atoms with Crippen molar-refractivity contribution in [3.05, 3.63) is 41.4 Å². The van der Waals surface area contributed by atoms with Gasteiger partial charge in [0.25, 0.3) is 5.91 Å². The molecular weight excluding hydrogens is 425 g/mol. The minimum atomic E-state index is -1.32. The summed E-state index contributed by atoms with van der Waals surface area (Å²) < 4.78 is 19.6. The molecule has 8 nitrogen and oxygen atoms in total. The van der Waals surface area contributed by atoms with Crippen LogP contribution in [-0.2, 0) is 16.0 Å². The Kier molecular flexibility index (Phi) is 7.19. The minimum absolute atomic E-state index is 0.130. The molecule has 3 aliphatic heterocycles. The van der Waals surface area contributed by atoms with E-state index in [0.717, 1.165) is 55.8 Å². The van der Waals surface area contributed by atoms with Crippen molar-refractivity contribution in [3.8, 4) is 0 Å². The van der Waals surface area contributed by atoms with Crippen molar-refractivity contribution in [1.29, 1.82) is 0 Å². The Hall–Kier alpha value is -2.65. The van der Waals surface area contributed by atoms with Gasteiger partial charge in [0.1, 0.15) is 23.3 Å². The molecule has 0 aliphatic carbocycles. The average molecular weight is 460 g/mol. The molecule has 33 heavy (non-hydrogen) atoms. The highest BCUT2D eigenvalue weighted by atomic mass is 19.1. The number of amides is 2. The van der Waals surface area contributed by atoms with Crippen molar-refractivity contribution in [2.75, 3.05) is 44.3 Å². The highest BCUT2D eigenvalue weighted by Gasteiger charge is 2.37. The van der Waals surface area contributed by atoms with Crippen LogP contribution >= 0.6 is 0 Å². The number of nitrogens with one attached hydrogen (secondary N) is 2. The first kappa shape index (κ1) is 23.5. The summed E-state index contributed by atoms with van der Waals surface area (Å²) in [6.07, 6.45) is 9.35. The molecule has 1 fully saturated rings. The molecule has 0 saturated carbocycles. The number of aromatic amines is 1. The largest absolute Gasteiger partial charge is 0.382 e. The van der Waals surface area contributed by atoms with Crippen molar-refractivity contribution in [2.24, 2.45) is 0 Å². The molecule has 2 amide bonds. The summed E-state index contributed by atoms with van der Waals surface area (Å²) in [6.45, 7) is 6.99. The molecule has 2 unspecified atom stereocenters. The lowest BCUT2D eigenvalue weighted by Gasteiger charge is -2.34. The van der Waals surface area contributed by atoms with E-state index in [1.165, 1.54) is 0 Å². The van der Waals surface area contributed by atoms with Crippen LogP contribution in [0.5, 0.6) is 0 Å². The van der Waals surface area contributed by atoms with Crippen LogP contribution in [0.2, 0.25) is 0 Å². The fraction of sp³-hybridized carbons (Fsp3) is 0.583. The van der Waals surface area contributed by atoms with Crippen LogP contribution in [0, 0.1) is 0 Å². The fourth-order valence-corrected chi connectivity index (χ4v) is 4.67. The van der Waals surface area contributed by atoms with Gasteiger partial charge >= 0.3 is 0 Å². The Morgan fingerprint density at radius 3 is 3.00 bits per heavy atom. The second-order valence-electron chi connectivity index (χ2n) is 9.11. The van der Waals surface area contributed by atoms with Gasteiger partial charge in [-0.15, -0.1) is 0 Å². The number of anilines is 1.